The molecule has 0 saturated carbocycles. The van der Waals surface area contributed by atoms with Crippen molar-refractivity contribution in [3.63, 3.8) is 0 Å². The molecular formula is C28H27Cl2N3. The Labute approximate surface area is 205 Å². The van der Waals surface area contributed by atoms with Crippen LogP contribution < -0.4 is 0 Å². The van der Waals surface area contributed by atoms with E-state index in [2.05, 4.69) is 58.5 Å². The summed E-state index contributed by atoms with van der Waals surface area (Å²) in [6.45, 7) is 3.15. The van der Waals surface area contributed by atoms with Crippen LogP contribution in [0, 0.1) is 0 Å². The molecule has 5 heteroatoms. The highest BCUT2D eigenvalue weighted by Crippen LogP contribution is 2.42. The average Bonchev–Trinajstić information content (AvgIpc) is 3.36. The number of benzene rings is 3. The molecule has 1 aliphatic heterocycles. The average molecular weight is 476 g/mol. The third-order valence-corrected chi connectivity index (χ3v) is 7.39. The van der Waals surface area contributed by atoms with Gasteiger partial charge in [0, 0.05) is 22.0 Å². The molecule has 4 aromatic rings. The van der Waals surface area contributed by atoms with Crippen molar-refractivity contribution in [3.8, 4) is 11.3 Å². The van der Waals surface area contributed by atoms with Gasteiger partial charge in [0.25, 0.3) is 0 Å². The van der Waals surface area contributed by atoms with Crippen molar-refractivity contribution in [1.82, 2.24) is 15.1 Å². The van der Waals surface area contributed by atoms with Crippen LogP contribution in [0.2, 0.25) is 10.0 Å². The zero-order chi connectivity index (χ0) is 22.7. The van der Waals surface area contributed by atoms with Gasteiger partial charge in [-0.3, -0.25) is 5.10 Å². The molecule has 0 radical (unpaired) electrons. The Bertz CT molecular complexity index is 1180. The topological polar surface area (TPSA) is 31.9 Å². The van der Waals surface area contributed by atoms with E-state index in [-0.39, 0.29) is 5.41 Å². The summed E-state index contributed by atoms with van der Waals surface area (Å²) in [5, 5.41) is 9.64. The van der Waals surface area contributed by atoms with Gasteiger partial charge in [0.05, 0.1) is 11.4 Å². The van der Waals surface area contributed by atoms with Gasteiger partial charge in [-0.05, 0) is 79.4 Å². The van der Waals surface area contributed by atoms with Crippen LogP contribution >= 0.6 is 23.2 Å². The molecule has 2 heterocycles. The minimum Gasteiger partial charge on any atom is -0.303 e. The lowest BCUT2D eigenvalue weighted by Gasteiger charge is -2.41. The van der Waals surface area contributed by atoms with E-state index in [1.807, 2.05) is 36.4 Å². The first-order valence-corrected chi connectivity index (χ1v) is 12.2. The third-order valence-electron chi connectivity index (χ3n) is 6.89. The quantitative estimate of drug-likeness (QED) is 0.325. The number of piperidine rings is 1. The number of hydrogen-bond acceptors (Lipinski definition) is 2. The maximum Gasteiger partial charge on any atom is 0.0735 e. The van der Waals surface area contributed by atoms with E-state index in [9.17, 15) is 0 Å². The first-order chi connectivity index (χ1) is 16.1. The highest BCUT2D eigenvalue weighted by atomic mass is 35.5. The van der Waals surface area contributed by atoms with Crippen LogP contribution in [0.3, 0.4) is 0 Å². The molecule has 3 nitrogen and oxygen atoms in total. The lowest BCUT2D eigenvalue weighted by molar-refractivity contribution is 0.178. The fourth-order valence-electron chi connectivity index (χ4n) is 4.89. The Balaban J connectivity index is 1.35. The van der Waals surface area contributed by atoms with Gasteiger partial charge in [-0.1, -0.05) is 77.8 Å². The summed E-state index contributed by atoms with van der Waals surface area (Å²) >= 11 is 12.1. The Morgan fingerprint density at radius 3 is 2.12 bits per heavy atom. The van der Waals surface area contributed by atoms with E-state index in [1.54, 1.807) is 0 Å². The molecular weight excluding hydrogens is 449 g/mol. The highest BCUT2D eigenvalue weighted by molar-refractivity contribution is 6.30. The number of nitrogens with zero attached hydrogens (tertiary/aromatic N) is 2. The van der Waals surface area contributed by atoms with Gasteiger partial charge in [-0.2, -0.15) is 5.10 Å². The Morgan fingerprint density at radius 1 is 0.818 bits per heavy atom. The Morgan fingerprint density at radius 2 is 1.45 bits per heavy atom. The van der Waals surface area contributed by atoms with Crippen molar-refractivity contribution in [2.24, 2.45) is 0 Å². The molecule has 1 aromatic heterocycles. The second kappa shape index (κ2) is 9.72. The van der Waals surface area contributed by atoms with Crippen LogP contribution in [0.5, 0.6) is 0 Å². The van der Waals surface area contributed by atoms with Gasteiger partial charge in [-0.15, -0.1) is 0 Å². The largest absolute Gasteiger partial charge is 0.303 e. The summed E-state index contributed by atoms with van der Waals surface area (Å²) < 4.78 is 0. The van der Waals surface area contributed by atoms with Crippen LogP contribution in [0.25, 0.3) is 11.3 Å². The predicted octanol–water partition coefficient (Wildman–Crippen LogP) is 7.01. The van der Waals surface area contributed by atoms with E-state index in [1.165, 1.54) is 11.1 Å². The summed E-state index contributed by atoms with van der Waals surface area (Å²) in [5.41, 5.74) is 5.84. The van der Waals surface area contributed by atoms with Gasteiger partial charge >= 0.3 is 0 Å². The number of aromatic amines is 1. The standard InChI is InChI=1S/C28H27Cl2N3/c29-24-10-6-21(7-11-24)14-17-33-18-15-28(16-19-33,23-4-2-1-3-5-23)27-20-26(31-32-27)22-8-12-25(30)13-9-22/h1-13,20H,14-19H2,(H,31,32). The van der Waals surface area contributed by atoms with Crippen LogP contribution in [0.15, 0.2) is 84.9 Å². The lowest BCUT2D eigenvalue weighted by atomic mass is 9.70. The van der Waals surface area contributed by atoms with Crippen molar-refractivity contribution >= 4 is 23.2 Å². The summed E-state index contributed by atoms with van der Waals surface area (Å²) in [5.74, 6) is 0. The molecule has 0 aliphatic carbocycles. The first-order valence-electron chi connectivity index (χ1n) is 11.5. The second-order valence-electron chi connectivity index (χ2n) is 8.84. The number of H-pyrrole nitrogens is 1. The molecule has 1 aliphatic rings. The number of halogens is 2. The van der Waals surface area contributed by atoms with Gasteiger partial charge < -0.3 is 4.90 Å². The monoisotopic (exact) mass is 475 g/mol. The molecule has 1 saturated heterocycles. The predicted molar refractivity (Wildman–Crippen MR) is 137 cm³/mol. The molecule has 0 spiro atoms. The van der Waals surface area contributed by atoms with E-state index >= 15 is 0 Å². The van der Waals surface area contributed by atoms with E-state index < -0.39 is 0 Å². The summed E-state index contributed by atoms with van der Waals surface area (Å²) in [7, 11) is 0. The Hall–Kier alpha value is -2.59. The summed E-state index contributed by atoms with van der Waals surface area (Å²) in [6.07, 6.45) is 3.13. The molecule has 1 fully saturated rings. The molecule has 0 amide bonds. The fraction of sp³-hybridized carbons (Fsp3) is 0.250. The molecule has 0 bridgehead atoms. The van der Waals surface area contributed by atoms with Gasteiger partial charge in [0.2, 0.25) is 0 Å². The maximum atomic E-state index is 6.08. The van der Waals surface area contributed by atoms with E-state index in [0.717, 1.165) is 65.9 Å². The van der Waals surface area contributed by atoms with Crippen molar-refractivity contribution in [1.29, 1.82) is 0 Å². The molecule has 0 unspecified atom stereocenters. The van der Waals surface area contributed by atoms with Crippen molar-refractivity contribution < 1.29 is 0 Å². The number of aromatic nitrogens is 2. The van der Waals surface area contributed by atoms with Crippen LogP contribution in [0.1, 0.15) is 29.7 Å². The SMILES string of the molecule is Clc1ccc(CCN2CCC(c3ccccc3)(c3cc(-c4ccc(Cl)cc4)[nH]n3)CC2)cc1. The molecule has 1 N–H and O–H groups in total. The lowest BCUT2D eigenvalue weighted by Crippen LogP contribution is -2.44. The van der Waals surface area contributed by atoms with Crippen molar-refractivity contribution in [2.75, 3.05) is 19.6 Å². The van der Waals surface area contributed by atoms with E-state index in [4.69, 9.17) is 28.3 Å². The van der Waals surface area contributed by atoms with Crippen LogP contribution in [-0.4, -0.2) is 34.7 Å². The number of hydrogen-bond donors (Lipinski definition) is 1. The molecule has 33 heavy (non-hydrogen) atoms. The fourth-order valence-corrected chi connectivity index (χ4v) is 5.14. The zero-order valence-corrected chi connectivity index (χ0v) is 20.0. The highest BCUT2D eigenvalue weighted by Gasteiger charge is 2.39. The van der Waals surface area contributed by atoms with Gasteiger partial charge in [0.15, 0.2) is 0 Å². The van der Waals surface area contributed by atoms with Gasteiger partial charge in [0.1, 0.15) is 0 Å². The Kier molecular flexibility index (Phi) is 6.55. The zero-order valence-electron chi connectivity index (χ0n) is 18.5. The third kappa shape index (κ3) is 4.86. The second-order valence-corrected chi connectivity index (χ2v) is 9.71. The molecule has 168 valence electrons. The molecule has 3 aromatic carbocycles. The molecule has 0 atom stereocenters. The normalized spacial score (nSPS) is 16.1. The first kappa shape index (κ1) is 22.2. The minimum atomic E-state index is -0.0841. The van der Waals surface area contributed by atoms with Crippen molar-refractivity contribution in [2.45, 2.75) is 24.7 Å². The molecule has 5 rings (SSSR count). The van der Waals surface area contributed by atoms with E-state index in [0.29, 0.717) is 0 Å². The summed E-state index contributed by atoms with van der Waals surface area (Å²) in [6, 6.07) is 29.2. The smallest absolute Gasteiger partial charge is 0.0735 e. The summed E-state index contributed by atoms with van der Waals surface area (Å²) in [4.78, 5) is 2.57. The maximum absolute atomic E-state index is 6.08. The number of rotatable bonds is 6. The van der Waals surface area contributed by atoms with Crippen LogP contribution in [-0.2, 0) is 11.8 Å². The number of likely N-dealkylation sites (tertiary alicyclic amines) is 1. The van der Waals surface area contributed by atoms with Crippen LogP contribution in [0.4, 0.5) is 0 Å². The van der Waals surface area contributed by atoms with Crippen molar-refractivity contribution in [3.05, 3.63) is 112 Å². The number of nitrogens with one attached hydrogen (secondary N) is 1. The minimum absolute atomic E-state index is 0.0841. The van der Waals surface area contributed by atoms with Gasteiger partial charge in [-0.25, -0.2) is 0 Å².